The van der Waals surface area contributed by atoms with Gasteiger partial charge in [-0.05, 0) is 32.2 Å². The average molecular weight is 182 g/mol. The third kappa shape index (κ3) is 1.70. The Hall–Kier alpha value is -0.570. The molecule has 13 heavy (non-hydrogen) atoms. The molecule has 0 bridgehead atoms. The number of hydrogen-bond donors (Lipinski definition) is 2. The van der Waals surface area contributed by atoms with E-state index in [9.17, 15) is 4.79 Å². The third-order valence-electron chi connectivity index (χ3n) is 3.24. The predicted molar refractivity (Wildman–Crippen MR) is 51.4 cm³/mol. The van der Waals surface area contributed by atoms with Crippen LogP contribution in [0.5, 0.6) is 0 Å². The van der Waals surface area contributed by atoms with E-state index in [4.69, 9.17) is 0 Å². The summed E-state index contributed by atoms with van der Waals surface area (Å²) in [6.07, 6.45) is 6.79. The van der Waals surface area contributed by atoms with Gasteiger partial charge in [-0.2, -0.15) is 0 Å². The van der Waals surface area contributed by atoms with Crippen molar-refractivity contribution in [2.24, 2.45) is 0 Å². The van der Waals surface area contributed by atoms with Gasteiger partial charge in [-0.25, -0.2) is 0 Å². The highest BCUT2D eigenvalue weighted by Crippen LogP contribution is 2.27. The van der Waals surface area contributed by atoms with Crippen molar-refractivity contribution in [3.8, 4) is 0 Å². The molecule has 3 heteroatoms. The minimum absolute atomic E-state index is 0.194. The van der Waals surface area contributed by atoms with Crippen LogP contribution in [0.3, 0.4) is 0 Å². The van der Waals surface area contributed by atoms with Gasteiger partial charge in [0.25, 0.3) is 0 Å². The van der Waals surface area contributed by atoms with Crippen LogP contribution in [0.1, 0.15) is 38.5 Å². The first-order valence-electron chi connectivity index (χ1n) is 5.37. The van der Waals surface area contributed by atoms with Crippen LogP contribution in [-0.4, -0.2) is 24.5 Å². The normalized spacial score (nSPS) is 35.5. The second-order valence-corrected chi connectivity index (χ2v) is 4.18. The number of carbonyl (C=O) groups is 1. The van der Waals surface area contributed by atoms with Crippen LogP contribution in [0, 0.1) is 0 Å². The van der Waals surface area contributed by atoms with Crippen LogP contribution in [0.15, 0.2) is 0 Å². The quantitative estimate of drug-likeness (QED) is 0.582. The molecule has 74 valence electrons. The SMILES string of the molecule is O=C1NCCCCCC12CCCN2. The molecule has 0 aromatic heterocycles. The van der Waals surface area contributed by atoms with Crippen molar-refractivity contribution < 1.29 is 4.79 Å². The zero-order chi connectivity index (χ0) is 9.15. The molecule has 2 rings (SSSR count). The minimum atomic E-state index is -0.194. The van der Waals surface area contributed by atoms with Gasteiger partial charge in [-0.15, -0.1) is 0 Å². The Labute approximate surface area is 79.3 Å². The van der Waals surface area contributed by atoms with E-state index >= 15 is 0 Å². The first-order chi connectivity index (χ1) is 6.33. The number of carbonyl (C=O) groups excluding carboxylic acids is 1. The summed E-state index contributed by atoms with van der Waals surface area (Å²) in [5.74, 6) is 0.240. The highest BCUT2D eigenvalue weighted by atomic mass is 16.2. The van der Waals surface area contributed by atoms with Crippen molar-refractivity contribution in [1.29, 1.82) is 0 Å². The summed E-state index contributed by atoms with van der Waals surface area (Å²) in [5.41, 5.74) is -0.194. The summed E-state index contributed by atoms with van der Waals surface area (Å²) >= 11 is 0. The van der Waals surface area contributed by atoms with Crippen LogP contribution in [0.25, 0.3) is 0 Å². The molecule has 2 fully saturated rings. The molecular weight excluding hydrogens is 164 g/mol. The zero-order valence-electron chi connectivity index (χ0n) is 8.07. The van der Waals surface area contributed by atoms with Crippen molar-refractivity contribution in [1.82, 2.24) is 10.6 Å². The molecule has 3 nitrogen and oxygen atoms in total. The van der Waals surface area contributed by atoms with E-state index in [0.29, 0.717) is 0 Å². The van der Waals surface area contributed by atoms with Crippen molar-refractivity contribution in [2.45, 2.75) is 44.1 Å². The van der Waals surface area contributed by atoms with Gasteiger partial charge in [-0.1, -0.05) is 12.8 Å². The Morgan fingerprint density at radius 3 is 2.62 bits per heavy atom. The van der Waals surface area contributed by atoms with Gasteiger partial charge in [0.05, 0.1) is 5.54 Å². The van der Waals surface area contributed by atoms with Crippen molar-refractivity contribution >= 4 is 5.91 Å². The van der Waals surface area contributed by atoms with E-state index in [-0.39, 0.29) is 11.4 Å². The molecule has 2 N–H and O–H groups in total. The second kappa shape index (κ2) is 3.66. The number of hydrogen-bond acceptors (Lipinski definition) is 2. The van der Waals surface area contributed by atoms with E-state index in [0.717, 1.165) is 38.8 Å². The fourth-order valence-corrected chi connectivity index (χ4v) is 2.43. The van der Waals surface area contributed by atoms with Gasteiger partial charge < -0.3 is 10.6 Å². The zero-order valence-corrected chi connectivity index (χ0v) is 8.07. The largest absolute Gasteiger partial charge is 0.354 e. The fraction of sp³-hybridized carbons (Fsp3) is 0.900. The third-order valence-corrected chi connectivity index (χ3v) is 3.24. The summed E-state index contributed by atoms with van der Waals surface area (Å²) in [6, 6.07) is 0. The monoisotopic (exact) mass is 182 g/mol. The van der Waals surface area contributed by atoms with Gasteiger partial charge in [0.1, 0.15) is 0 Å². The molecule has 0 radical (unpaired) electrons. The molecule has 1 spiro atoms. The highest BCUT2D eigenvalue weighted by molar-refractivity contribution is 5.86. The maximum absolute atomic E-state index is 11.8. The maximum atomic E-state index is 11.8. The molecule has 2 saturated heterocycles. The molecule has 1 atom stereocenters. The van der Waals surface area contributed by atoms with Crippen LogP contribution in [0.4, 0.5) is 0 Å². The van der Waals surface area contributed by atoms with Gasteiger partial charge in [-0.3, -0.25) is 4.79 Å². The Morgan fingerprint density at radius 2 is 1.85 bits per heavy atom. The van der Waals surface area contributed by atoms with Crippen LogP contribution >= 0.6 is 0 Å². The van der Waals surface area contributed by atoms with Crippen LogP contribution in [-0.2, 0) is 4.79 Å². The lowest BCUT2D eigenvalue weighted by Gasteiger charge is -2.30. The van der Waals surface area contributed by atoms with E-state index in [2.05, 4.69) is 10.6 Å². The van der Waals surface area contributed by atoms with Crippen molar-refractivity contribution in [2.75, 3.05) is 13.1 Å². The lowest BCUT2D eigenvalue weighted by Crippen LogP contribution is -2.54. The maximum Gasteiger partial charge on any atom is 0.240 e. The molecule has 2 aliphatic rings. The summed E-state index contributed by atoms with van der Waals surface area (Å²) in [7, 11) is 0. The summed E-state index contributed by atoms with van der Waals surface area (Å²) in [4.78, 5) is 11.8. The van der Waals surface area contributed by atoms with E-state index < -0.39 is 0 Å². The number of nitrogens with one attached hydrogen (secondary N) is 2. The molecule has 2 aliphatic heterocycles. The first-order valence-corrected chi connectivity index (χ1v) is 5.37. The summed E-state index contributed by atoms with van der Waals surface area (Å²) < 4.78 is 0. The smallest absolute Gasteiger partial charge is 0.240 e. The molecule has 0 aromatic rings. The molecule has 0 saturated carbocycles. The van der Waals surface area contributed by atoms with Crippen molar-refractivity contribution in [3.05, 3.63) is 0 Å². The van der Waals surface area contributed by atoms with Gasteiger partial charge in [0.15, 0.2) is 0 Å². The number of rotatable bonds is 0. The van der Waals surface area contributed by atoms with Gasteiger partial charge >= 0.3 is 0 Å². The van der Waals surface area contributed by atoms with E-state index in [1.165, 1.54) is 12.8 Å². The number of amides is 1. The molecule has 0 aliphatic carbocycles. The molecule has 0 aromatic carbocycles. The van der Waals surface area contributed by atoms with Crippen LogP contribution in [0.2, 0.25) is 0 Å². The average Bonchev–Trinajstić information content (AvgIpc) is 2.58. The molecule has 1 unspecified atom stereocenters. The fourth-order valence-electron chi connectivity index (χ4n) is 2.43. The highest BCUT2D eigenvalue weighted by Gasteiger charge is 2.40. The molecule has 2 heterocycles. The van der Waals surface area contributed by atoms with Crippen molar-refractivity contribution in [3.63, 3.8) is 0 Å². The van der Waals surface area contributed by atoms with Gasteiger partial charge in [0, 0.05) is 6.54 Å². The Balaban J connectivity index is 2.07. The van der Waals surface area contributed by atoms with E-state index in [1.807, 2.05) is 0 Å². The summed E-state index contributed by atoms with van der Waals surface area (Å²) in [5, 5.41) is 6.39. The standard InChI is InChI=1S/C10H18N2O/c13-9-10(6-4-8-12-10)5-2-1-3-7-11-9/h12H,1-8H2,(H,11,13). The Bertz CT molecular complexity index is 197. The Morgan fingerprint density at radius 1 is 1.00 bits per heavy atom. The summed E-state index contributed by atoms with van der Waals surface area (Å²) in [6.45, 7) is 1.87. The lowest BCUT2D eigenvalue weighted by atomic mass is 9.88. The topological polar surface area (TPSA) is 41.1 Å². The minimum Gasteiger partial charge on any atom is -0.354 e. The predicted octanol–water partition coefficient (Wildman–Crippen LogP) is 0.799. The Kier molecular flexibility index (Phi) is 2.54. The van der Waals surface area contributed by atoms with Crippen LogP contribution < -0.4 is 10.6 Å². The second-order valence-electron chi connectivity index (χ2n) is 4.18. The van der Waals surface area contributed by atoms with E-state index in [1.54, 1.807) is 0 Å². The molecular formula is C10H18N2O. The lowest BCUT2D eigenvalue weighted by molar-refractivity contribution is -0.127. The first kappa shape index (κ1) is 9.00. The molecule has 1 amide bonds. The van der Waals surface area contributed by atoms with Gasteiger partial charge in [0.2, 0.25) is 5.91 Å².